The molecule has 0 unspecified atom stereocenters. The Balaban J connectivity index is 2.46. The normalized spacial score (nSPS) is 18.8. The minimum atomic E-state index is 0.0596. The number of benzene rings is 1. The Bertz CT molecular complexity index is 485. The van der Waals surface area contributed by atoms with Gasteiger partial charge in [-0.25, -0.2) is 0 Å². The van der Waals surface area contributed by atoms with Crippen LogP contribution in [0.25, 0.3) is 0 Å². The molecule has 0 saturated carbocycles. The van der Waals surface area contributed by atoms with Gasteiger partial charge in [0.15, 0.2) is 11.5 Å². The number of carbonyl (C=O) groups is 1. The SMILES string of the molecule is CC[C@@H]1Cc2cc(OC)c(OC)cc2CN(C)C1=O. The average molecular weight is 263 g/mol. The predicted octanol–water partition coefficient (Wildman–Crippen LogP) is 2.24. The van der Waals surface area contributed by atoms with Gasteiger partial charge in [0, 0.05) is 19.5 Å². The molecule has 0 aliphatic carbocycles. The summed E-state index contributed by atoms with van der Waals surface area (Å²) in [5, 5.41) is 0. The minimum Gasteiger partial charge on any atom is -0.493 e. The van der Waals surface area contributed by atoms with E-state index in [2.05, 4.69) is 6.92 Å². The van der Waals surface area contributed by atoms with E-state index in [9.17, 15) is 4.79 Å². The van der Waals surface area contributed by atoms with Gasteiger partial charge in [-0.2, -0.15) is 0 Å². The van der Waals surface area contributed by atoms with Gasteiger partial charge in [0.1, 0.15) is 0 Å². The van der Waals surface area contributed by atoms with Gasteiger partial charge in [0.2, 0.25) is 5.91 Å². The quantitative estimate of drug-likeness (QED) is 0.839. The third kappa shape index (κ3) is 2.53. The third-order valence-corrected chi connectivity index (χ3v) is 3.80. The van der Waals surface area contributed by atoms with Crippen LogP contribution in [-0.2, 0) is 17.8 Å². The van der Waals surface area contributed by atoms with Crippen molar-refractivity contribution in [3.05, 3.63) is 23.3 Å². The highest BCUT2D eigenvalue weighted by Gasteiger charge is 2.27. The van der Waals surface area contributed by atoms with E-state index in [4.69, 9.17) is 9.47 Å². The number of hydrogen-bond acceptors (Lipinski definition) is 3. The first-order valence-corrected chi connectivity index (χ1v) is 6.59. The standard InChI is InChI=1S/C15H21NO3/c1-5-10-6-11-7-13(18-3)14(19-4)8-12(11)9-16(2)15(10)17/h7-8,10H,5-6,9H2,1-4H3/t10-/m1/s1. The van der Waals surface area contributed by atoms with Crippen LogP contribution in [0.5, 0.6) is 11.5 Å². The molecule has 0 radical (unpaired) electrons. The molecule has 0 saturated heterocycles. The summed E-state index contributed by atoms with van der Waals surface area (Å²) in [6, 6.07) is 3.99. The van der Waals surface area contributed by atoms with Crippen molar-refractivity contribution in [1.82, 2.24) is 4.90 Å². The summed E-state index contributed by atoms with van der Waals surface area (Å²) in [7, 11) is 5.12. The minimum absolute atomic E-state index is 0.0596. The molecule has 1 aliphatic heterocycles. The Morgan fingerprint density at radius 2 is 1.79 bits per heavy atom. The number of nitrogens with zero attached hydrogens (tertiary/aromatic N) is 1. The lowest BCUT2D eigenvalue weighted by atomic mass is 9.94. The Morgan fingerprint density at radius 3 is 2.32 bits per heavy atom. The number of methoxy groups -OCH3 is 2. The van der Waals surface area contributed by atoms with E-state index in [0.717, 1.165) is 29.9 Å². The molecule has 1 heterocycles. The van der Waals surface area contributed by atoms with Gasteiger partial charge >= 0.3 is 0 Å². The van der Waals surface area contributed by atoms with Gasteiger partial charge in [-0.05, 0) is 36.1 Å². The highest BCUT2D eigenvalue weighted by molar-refractivity contribution is 5.79. The molecule has 19 heavy (non-hydrogen) atoms. The summed E-state index contributed by atoms with van der Waals surface area (Å²) in [5.41, 5.74) is 2.33. The average Bonchev–Trinajstić information content (AvgIpc) is 2.54. The first-order valence-electron chi connectivity index (χ1n) is 6.59. The Hall–Kier alpha value is -1.71. The second kappa shape index (κ2) is 5.51. The molecule has 4 nitrogen and oxygen atoms in total. The van der Waals surface area contributed by atoms with Crippen LogP contribution in [0.15, 0.2) is 12.1 Å². The highest BCUT2D eigenvalue weighted by Crippen LogP contribution is 2.34. The molecule has 1 aromatic carbocycles. The van der Waals surface area contributed by atoms with Crippen molar-refractivity contribution in [2.75, 3.05) is 21.3 Å². The van der Waals surface area contributed by atoms with E-state index < -0.39 is 0 Å². The molecule has 0 N–H and O–H groups in total. The molecule has 104 valence electrons. The fourth-order valence-corrected chi connectivity index (χ4v) is 2.62. The maximum atomic E-state index is 12.2. The van der Waals surface area contributed by atoms with Crippen molar-refractivity contribution in [2.24, 2.45) is 5.92 Å². The first-order chi connectivity index (χ1) is 9.10. The van der Waals surface area contributed by atoms with Crippen molar-refractivity contribution < 1.29 is 14.3 Å². The molecule has 0 aromatic heterocycles. The monoisotopic (exact) mass is 263 g/mol. The van der Waals surface area contributed by atoms with Crippen LogP contribution in [-0.4, -0.2) is 32.1 Å². The molecule has 0 bridgehead atoms. The second-order valence-electron chi connectivity index (χ2n) is 4.98. The Kier molecular flexibility index (Phi) is 3.98. The molecule has 4 heteroatoms. The van der Waals surface area contributed by atoms with Crippen molar-refractivity contribution in [2.45, 2.75) is 26.3 Å². The fourth-order valence-electron chi connectivity index (χ4n) is 2.62. The zero-order valence-electron chi connectivity index (χ0n) is 12.0. The van der Waals surface area contributed by atoms with E-state index in [1.54, 1.807) is 19.1 Å². The molecular formula is C15H21NO3. The molecule has 2 rings (SSSR count). The van der Waals surface area contributed by atoms with Gasteiger partial charge in [-0.3, -0.25) is 4.79 Å². The zero-order valence-corrected chi connectivity index (χ0v) is 12.0. The third-order valence-electron chi connectivity index (χ3n) is 3.80. The van der Waals surface area contributed by atoms with Crippen LogP contribution in [0.1, 0.15) is 24.5 Å². The van der Waals surface area contributed by atoms with Crippen LogP contribution in [0, 0.1) is 5.92 Å². The van der Waals surface area contributed by atoms with Gasteiger partial charge in [0.05, 0.1) is 14.2 Å². The van der Waals surface area contributed by atoms with Crippen LogP contribution in [0.2, 0.25) is 0 Å². The molecule has 0 spiro atoms. The maximum absolute atomic E-state index is 12.2. The van der Waals surface area contributed by atoms with Crippen LogP contribution < -0.4 is 9.47 Å². The Morgan fingerprint density at radius 1 is 1.21 bits per heavy atom. The summed E-state index contributed by atoms with van der Waals surface area (Å²) in [6.45, 7) is 2.69. The summed E-state index contributed by atoms with van der Waals surface area (Å²) < 4.78 is 10.7. The topological polar surface area (TPSA) is 38.8 Å². The van der Waals surface area contributed by atoms with E-state index >= 15 is 0 Å². The number of carbonyl (C=O) groups excluding carboxylic acids is 1. The lowest BCUT2D eigenvalue weighted by Crippen LogP contribution is -2.30. The summed E-state index contributed by atoms with van der Waals surface area (Å²) >= 11 is 0. The highest BCUT2D eigenvalue weighted by atomic mass is 16.5. The molecule has 1 aliphatic rings. The molecule has 0 fully saturated rings. The first kappa shape index (κ1) is 13.7. The number of amides is 1. The molecule has 1 aromatic rings. The predicted molar refractivity (Wildman–Crippen MR) is 73.5 cm³/mol. The van der Waals surface area contributed by atoms with E-state index in [1.165, 1.54) is 5.56 Å². The zero-order chi connectivity index (χ0) is 14.0. The molecule has 1 amide bonds. The van der Waals surface area contributed by atoms with Crippen molar-refractivity contribution in [1.29, 1.82) is 0 Å². The van der Waals surface area contributed by atoms with Crippen molar-refractivity contribution >= 4 is 5.91 Å². The lowest BCUT2D eigenvalue weighted by Gasteiger charge is -2.18. The van der Waals surface area contributed by atoms with Crippen LogP contribution in [0.3, 0.4) is 0 Å². The lowest BCUT2D eigenvalue weighted by molar-refractivity contribution is -0.134. The number of ether oxygens (including phenoxy) is 2. The smallest absolute Gasteiger partial charge is 0.226 e. The van der Waals surface area contributed by atoms with Gasteiger partial charge in [0.25, 0.3) is 0 Å². The summed E-state index contributed by atoms with van der Waals surface area (Å²) in [5.74, 6) is 1.73. The molecule has 1 atom stereocenters. The fraction of sp³-hybridized carbons (Fsp3) is 0.533. The number of fused-ring (bicyclic) bond motifs is 1. The summed E-state index contributed by atoms with van der Waals surface area (Å²) in [6.07, 6.45) is 1.63. The second-order valence-corrected chi connectivity index (χ2v) is 4.98. The van der Waals surface area contributed by atoms with Gasteiger partial charge < -0.3 is 14.4 Å². The largest absolute Gasteiger partial charge is 0.493 e. The van der Waals surface area contributed by atoms with E-state index in [1.807, 2.05) is 19.2 Å². The van der Waals surface area contributed by atoms with Crippen molar-refractivity contribution in [3.63, 3.8) is 0 Å². The van der Waals surface area contributed by atoms with Gasteiger partial charge in [-0.15, -0.1) is 0 Å². The number of rotatable bonds is 3. The maximum Gasteiger partial charge on any atom is 0.226 e. The van der Waals surface area contributed by atoms with Gasteiger partial charge in [-0.1, -0.05) is 6.92 Å². The number of hydrogen-bond donors (Lipinski definition) is 0. The van der Waals surface area contributed by atoms with Crippen LogP contribution in [0.4, 0.5) is 0 Å². The van der Waals surface area contributed by atoms with E-state index in [-0.39, 0.29) is 11.8 Å². The molecular weight excluding hydrogens is 242 g/mol. The Labute approximate surface area is 114 Å². The van der Waals surface area contributed by atoms with E-state index in [0.29, 0.717) is 6.54 Å². The van der Waals surface area contributed by atoms with Crippen LogP contribution >= 0.6 is 0 Å². The summed E-state index contributed by atoms with van der Waals surface area (Å²) in [4.78, 5) is 14.0. The van der Waals surface area contributed by atoms with Crippen molar-refractivity contribution in [3.8, 4) is 11.5 Å².